The van der Waals surface area contributed by atoms with Crippen LogP contribution in [0.5, 0.6) is 5.75 Å². The van der Waals surface area contributed by atoms with E-state index in [1.807, 2.05) is 0 Å². The molecule has 0 saturated heterocycles. The Morgan fingerprint density at radius 2 is 1.79 bits per heavy atom. The molecular weight excluding hydrogens is 458 g/mol. The van der Waals surface area contributed by atoms with Crippen LogP contribution in [0.15, 0.2) is 65.1 Å². The number of hydrogen-bond acceptors (Lipinski definition) is 7. The van der Waals surface area contributed by atoms with Crippen molar-refractivity contribution >= 4 is 38.6 Å². The number of primary amides is 1. The number of carbonyl (C=O) groups excluding carboxylic acids is 2. The molecule has 0 bridgehead atoms. The minimum atomic E-state index is -3.95. The number of nitrogens with one attached hydrogen (secondary N) is 1. The summed E-state index contributed by atoms with van der Waals surface area (Å²) in [6.07, 6.45) is 0. The SMILES string of the molecule is Cc1ccc(C(=O)c2oc3cc(OS(=O)(=O)Cc4ccccc4)ccc3c2NC(N)=O)c(C)n1. The van der Waals surface area contributed by atoms with Crippen LogP contribution in [0.3, 0.4) is 0 Å². The predicted molar refractivity (Wildman–Crippen MR) is 126 cm³/mol. The number of hydrogen-bond donors (Lipinski definition) is 2. The molecule has 3 N–H and O–H groups in total. The molecule has 0 aliphatic carbocycles. The molecule has 10 heteroatoms. The third-order valence-electron chi connectivity index (χ3n) is 5.00. The Bertz CT molecular complexity index is 1510. The Morgan fingerprint density at radius 1 is 1.06 bits per heavy atom. The van der Waals surface area contributed by atoms with Gasteiger partial charge < -0.3 is 19.7 Å². The van der Waals surface area contributed by atoms with Crippen molar-refractivity contribution in [2.45, 2.75) is 19.6 Å². The highest BCUT2D eigenvalue weighted by atomic mass is 32.2. The first-order chi connectivity index (χ1) is 16.1. The van der Waals surface area contributed by atoms with Gasteiger partial charge in [0.05, 0.1) is 0 Å². The van der Waals surface area contributed by atoms with E-state index in [4.69, 9.17) is 14.3 Å². The second kappa shape index (κ2) is 8.99. The van der Waals surface area contributed by atoms with Crippen LogP contribution in [0.1, 0.15) is 33.1 Å². The number of anilines is 1. The highest BCUT2D eigenvalue weighted by molar-refractivity contribution is 7.86. The molecule has 2 aromatic heterocycles. The van der Waals surface area contributed by atoms with Gasteiger partial charge in [-0.25, -0.2) is 4.79 Å². The summed E-state index contributed by atoms with van der Waals surface area (Å²) in [7, 11) is -3.95. The molecule has 0 radical (unpaired) electrons. The molecule has 34 heavy (non-hydrogen) atoms. The Hall–Kier alpha value is -4.18. The number of urea groups is 1. The van der Waals surface area contributed by atoms with Crippen LogP contribution in [0.2, 0.25) is 0 Å². The highest BCUT2D eigenvalue weighted by Crippen LogP contribution is 2.35. The second-order valence-electron chi connectivity index (χ2n) is 7.64. The second-order valence-corrected chi connectivity index (χ2v) is 9.21. The predicted octanol–water partition coefficient (Wildman–Crippen LogP) is 4.08. The quantitative estimate of drug-likeness (QED) is 0.300. The smallest absolute Gasteiger partial charge is 0.316 e. The number of pyridine rings is 1. The van der Waals surface area contributed by atoms with Gasteiger partial charge in [-0.05, 0) is 43.7 Å². The first-order valence-corrected chi connectivity index (χ1v) is 11.8. The lowest BCUT2D eigenvalue weighted by Crippen LogP contribution is -2.20. The molecule has 2 aromatic carbocycles. The fraction of sp³-hybridized carbons (Fsp3) is 0.125. The van der Waals surface area contributed by atoms with Crippen molar-refractivity contribution in [2.24, 2.45) is 5.73 Å². The Kier molecular flexibility index (Phi) is 6.08. The zero-order chi connectivity index (χ0) is 24.5. The molecule has 0 spiro atoms. The third-order valence-corrected chi connectivity index (χ3v) is 6.13. The summed E-state index contributed by atoms with van der Waals surface area (Å²) in [6, 6.07) is 15.2. The maximum absolute atomic E-state index is 13.2. The lowest BCUT2D eigenvalue weighted by molar-refractivity contribution is 0.101. The fourth-order valence-electron chi connectivity index (χ4n) is 3.54. The van der Waals surface area contributed by atoms with E-state index < -0.39 is 21.9 Å². The van der Waals surface area contributed by atoms with Crippen molar-refractivity contribution in [3.63, 3.8) is 0 Å². The number of nitrogens with zero attached hydrogens (tertiary/aromatic N) is 1. The van der Waals surface area contributed by atoms with Crippen molar-refractivity contribution < 1.29 is 26.6 Å². The van der Waals surface area contributed by atoms with Gasteiger partial charge in [0.15, 0.2) is 5.76 Å². The Morgan fingerprint density at radius 3 is 2.47 bits per heavy atom. The summed E-state index contributed by atoms with van der Waals surface area (Å²) in [5.74, 6) is -0.993. The summed E-state index contributed by atoms with van der Waals surface area (Å²) in [4.78, 5) is 29.1. The zero-order valence-corrected chi connectivity index (χ0v) is 19.2. The van der Waals surface area contributed by atoms with Crippen molar-refractivity contribution in [3.8, 4) is 5.75 Å². The van der Waals surface area contributed by atoms with Crippen molar-refractivity contribution in [1.29, 1.82) is 0 Å². The number of aryl methyl sites for hydroxylation is 2. The average molecular weight is 480 g/mol. The fourth-order valence-corrected chi connectivity index (χ4v) is 4.60. The van der Waals surface area contributed by atoms with Crippen LogP contribution < -0.4 is 15.2 Å². The number of amides is 2. The van der Waals surface area contributed by atoms with Crippen molar-refractivity contribution in [1.82, 2.24) is 4.98 Å². The molecular formula is C24H21N3O6S. The molecule has 2 amide bonds. The maximum atomic E-state index is 13.2. The molecule has 0 unspecified atom stereocenters. The van der Waals surface area contributed by atoms with Crippen molar-refractivity contribution in [2.75, 3.05) is 5.32 Å². The van der Waals surface area contributed by atoms with Gasteiger partial charge >= 0.3 is 16.1 Å². The van der Waals surface area contributed by atoms with Crippen LogP contribution in [-0.4, -0.2) is 25.2 Å². The van der Waals surface area contributed by atoms with E-state index in [-0.39, 0.29) is 28.5 Å². The van der Waals surface area contributed by atoms with E-state index in [1.165, 1.54) is 18.2 Å². The molecule has 0 aliphatic rings. The normalized spacial score (nSPS) is 11.4. The molecule has 0 fully saturated rings. The van der Waals surface area contributed by atoms with Gasteiger partial charge in [-0.1, -0.05) is 30.3 Å². The van der Waals surface area contributed by atoms with Crippen LogP contribution in [0.4, 0.5) is 10.5 Å². The number of rotatable bonds is 7. The monoisotopic (exact) mass is 479 g/mol. The lowest BCUT2D eigenvalue weighted by atomic mass is 10.1. The topological polar surface area (TPSA) is 142 Å². The standard InChI is InChI=1S/C24H21N3O6S/c1-14-8-10-18(15(2)26-14)22(28)23-21(27-24(25)29)19-11-9-17(12-20(19)32-23)33-34(30,31)13-16-6-4-3-5-7-16/h3-12H,13H2,1-2H3,(H3,25,27,29). The van der Waals surface area contributed by atoms with E-state index >= 15 is 0 Å². The molecule has 0 saturated carbocycles. The number of furan rings is 1. The van der Waals surface area contributed by atoms with Gasteiger partial charge in [0, 0.05) is 28.4 Å². The molecule has 4 rings (SSSR count). The van der Waals surface area contributed by atoms with E-state index in [0.29, 0.717) is 22.2 Å². The summed E-state index contributed by atoms with van der Waals surface area (Å²) >= 11 is 0. The molecule has 2 heterocycles. The van der Waals surface area contributed by atoms with Crippen LogP contribution in [0.25, 0.3) is 11.0 Å². The van der Waals surface area contributed by atoms with E-state index in [2.05, 4.69) is 10.3 Å². The minimum Gasteiger partial charge on any atom is -0.450 e. The summed E-state index contributed by atoms with van der Waals surface area (Å²) in [5.41, 5.74) is 7.61. The van der Waals surface area contributed by atoms with Crippen molar-refractivity contribution in [3.05, 3.63) is 88.9 Å². The maximum Gasteiger partial charge on any atom is 0.316 e. The first kappa shape index (κ1) is 23.0. The largest absolute Gasteiger partial charge is 0.450 e. The van der Waals surface area contributed by atoms with Gasteiger partial charge in [0.25, 0.3) is 0 Å². The summed E-state index contributed by atoms with van der Waals surface area (Å²) in [5, 5.41) is 2.78. The molecule has 9 nitrogen and oxygen atoms in total. The van der Waals surface area contributed by atoms with Crippen LogP contribution >= 0.6 is 0 Å². The van der Waals surface area contributed by atoms with Gasteiger partial charge in [-0.3, -0.25) is 9.78 Å². The van der Waals surface area contributed by atoms with Crippen LogP contribution in [-0.2, 0) is 15.9 Å². The Labute approximate surface area is 195 Å². The van der Waals surface area contributed by atoms with Crippen LogP contribution in [0, 0.1) is 13.8 Å². The number of fused-ring (bicyclic) bond motifs is 1. The lowest BCUT2D eigenvalue weighted by Gasteiger charge is -2.07. The number of nitrogens with two attached hydrogens (primary N) is 1. The minimum absolute atomic E-state index is 0.00464. The summed E-state index contributed by atoms with van der Waals surface area (Å²) < 4.78 is 36.0. The van der Waals surface area contributed by atoms with Gasteiger partial charge in [-0.15, -0.1) is 0 Å². The number of carbonyl (C=O) groups is 2. The molecule has 0 atom stereocenters. The zero-order valence-electron chi connectivity index (χ0n) is 18.4. The molecule has 4 aromatic rings. The van der Waals surface area contributed by atoms with Gasteiger partial charge in [0.1, 0.15) is 22.8 Å². The Balaban J connectivity index is 1.72. The van der Waals surface area contributed by atoms with Gasteiger partial charge in [-0.2, -0.15) is 8.42 Å². The average Bonchev–Trinajstić information content (AvgIpc) is 3.10. The number of aromatic nitrogens is 1. The highest BCUT2D eigenvalue weighted by Gasteiger charge is 2.25. The van der Waals surface area contributed by atoms with E-state index in [0.717, 1.165) is 5.69 Å². The van der Waals surface area contributed by atoms with E-state index in [9.17, 15) is 18.0 Å². The molecule has 0 aliphatic heterocycles. The van der Waals surface area contributed by atoms with E-state index in [1.54, 1.807) is 56.3 Å². The number of benzene rings is 2. The third kappa shape index (κ3) is 4.91. The first-order valence-electron chi connectivity index (χ1n) is 10.2. The van der Waals surface area contributed by atoms with Gasteiger partial charge in [0.2, 0.25) is 5.78 Å². The molecule has 174 valence electrons. The summed E-state index contributed by atoms with van der Waals surface area (Å²) in [6.45, 7) is 3.49. The number of ketones is 1.